The second kappa shape index (κ2) is 14.8. The Hall–Kier alpha value is -3.37. The van der Waals surface area contributed by atoms with E-state index >= 15 is 0 Å². The van der Waals surface area contributed by atoms with E-state index in [0.29, 0.717) is 10.0 Å². The van der Waals surface area contributed by atoms with Crippen molar-refractivity contribution in [1.82, 2.24) is 10.2 Å². The zero-order chi connectivity index (χ0) is 32.8. The quantitative estimate of drug-likeness (QED) is 0.173. The summed E-state index contributed by atoms with van der Waals surface area (Å²) in [7, 11) is -4.27. The van der Waals surface area contributed by atoms with Crippen molar-refractivity contribution in [3.05, 3.63) is 129 Å². The van der Waals surface area contributed by atoms with E-state index in [4.69, 9.17) is 23.2 Å². The standard InChI is InChI=1S/C34H34BrCl2N3O4S/c1-34(2,3)38-33(42)31(20-24-8-5-4-6-9-24)39(22-25-12-14-26(35)15-13-25)32(41)23-40(29-11-7-10-28(37)21-29)45(43,44)30-18-16-27(36)17-19-30/h4-19,21,31H,20,22-23H2,1-3H3,(H,38,42). The number of amides is 2. The smallest absolute Gasteiger partial charge is 0.264 e. The second-order valence-electron chi connectivity index (χ2n) is 11.5. The molecule has 0 fully saturated rings. The molecule has 1 atom stereocenters. The molecule has 0 aliphatic carbocycles. The van der Waals surface area contributed by atoms with E-state index in [0.717, 1.165) is 19.9 Å². The summed E-state index contributed by atoms with van der Waals surface area (Å²) in [6.07, 6.45) is 0.214. The van der Waals surface area contributed by atoms with Gasteiger partial charge in [-0.25, -0.2) is 8.42 Å². The highest BCUT2D eigenvalue weighted by atomic mass is 79.9. The third-order valence-electron chi connectivity index (χ3n) is 6.81. The SMILES string of the molecule is CC(C)(C)NC(=O)C(Cc1ccccc1)N(Cc1ccc(Br)cc1)C(=O)CN(c1cccc(Cl)c1)S(=O)(=O)c1ccc(Cl)cc1. The molecule has 0 aliphatic heterocycles. The number of benzene rings is 4. The maximum atomic E-state index is 14.5. The average molecular weight is 732 g/mol. The van der Waals surface area contributed by atoms with Crippen LogP contribution in [0.25, 0.3) is 0 Å². The van der Waals surface area contributed by atoms with Crippen molar-refractivity contribution >= 4 is 66.7 Å². The van der Waals surface area contributed by atoms with Gasteiger partial charge in [0.1, 0.15) is 12.6 Å². The maximum Gasteiger partial charge on any atom is 0.264 e. The van der Waals surface area contributed by atoms with Crippen molar-refractivity contribution in [3.8, 4) is 0 Å². The third-order valence-corrected chi connectivity index (χ3v) is 9.62. The van der Waals surface area contributed by atoms with Crippen molar-refractivity contribution in [2.45, 2.75) is 50.2 Å². The van der Waals surface area contributed by atoms with E-state index in [9.17, 15) is 18.0 Å². The Morgan fingerprint density at radius 3 is 2.07 bits per heavy atom. The molecule has 0 bridgehead atoms. The monoisotopic (exact) mass is 729 g/mol. The van der Waals surface area contributed by atoms with E-state index in [2.05, 4.69) is 21.2 Å². The summed E-state index contributed by atoms with van der Waals surface area (Å²) in [4.78, 5) is 29.8. The minimum atomic E-state index is -4.27. The highest BCUT2D eigenvalue weighted by molar-refractivity contribution is 9.10. The van der Waals surface area contributed by atoms with Gasteiger partial charge in [0.25, 0.3) is 10.0 Å². The summed E-state index contributed by atoms with van der Waals surface area (Å²) >= 11 is 15.8. The Bertz CT molecular complexity index is 1730. The van der Waals surface area contributed by atoms with Gasteiger partial charge in [-0.15, -0.1) is 0 Å². The van der Waals surface area contributed by atoms with E-state index in [1.807, 2.05) is 75.4 Å². The van der Waals surface area contributed by atoms with Crippen LogP contribution in [0.4, 0.5) is 5.69 Å². The Kier molecular flexibility index (Phi) is 11.4. The first-order chi connectivity index (χ1) is 21.2. The number of carbonyl (C=O) groups is 2. The van der Waals surface area contributed by atoms with E-state index in [1.54, 1.807) is 18.2 Å². The zero-order valence-corrected chi connectivity index (χ0v) is 29.0. The van der Waals surface area contributed by atoms with Gasteiger partial charge >= 0.3 is 0 Å². The number of nitrogens with one attached hydrogen (secondary N) is 1. The van der Waals surface area contributed by atoms with Gasteiger partial charge in [0.05, 0.1) is 10.6 Å². The van der Waals surface area contributed by atoms with Crippen LogP contribution in [0, 0.1) is 0 Å². The van der Waals surface area contributed by atoms with Gasteiger partial charge < -0.3 is 10.2 Å². The molecule has 0 saturated carbocycles. The molecule has 7 nitrogen and oxygen atoms in total. The van der Waals surface area contributed by atoms with Crippen LogP contribution in [0.15, 0.2) is 112 Å². The molecule has 0 aliphatic rings. The molecular formula is C34H34BrCl2N3O4S. The molecule has 0 heterocycles. The lowest BCUT2D eigenvalue weighted by Crippen LogP contribution is -2.56. The van der Waals surface area contributed by atoms with Crippen molar-refractivity contribution in [2.75, 3.05) is 10.8 Å². The summed E-state index contributed by atoms with van der Waals surface area (Å²) in [6.45, 7) is 5.07. The summed E-state index contributed by atoms with van der Waals surface area (Å²) < 4.78 is 30.0. The van der Waals surface area contributed by atoms with Crippen molar-refractivity contribution < 1.29 is 18.0 Å². The minimum Gasteiger partial charge on any atom is -0.350 e. The first kappa shape index (κ1) is 34.5. The van der Waals surface area contributed by atoms with E-state index in [1.165, 1.54) is 35.2 Å². The van der Waals surface area contributed by atoms with Crippen LogP contribution in [0.5, 0.6) is 0 Å². The van der Waals surface area contributed by atoms with E-state index in [-0.39, 0.29) is 29.5 Å². The van der Waals surface area contributed by atoms with Crippen LogP contribution in [0.2, 0.25) is 10.0 Å². The number of hydrogen-bond donors (Lipinski definition) is 1. The molecule has 45 heavy (non-hydrogen) atoms. The lowest BCUT2D eigenvalue weighted by atomic mass is 10.0. The highest BCUT2D eigenvalue weighted by Crippen LogP contribution is 2.28. The van der Waals surface area contributed by atoms with Crippen LogP contribution in [-0.4, -0.2) is 43.3 Å². The molecule has 236 valence electrons. The fraction of sp³-hybridized carbons (Fsp3) is 0.235. The fourth-order valence-corrected chi connectivity index (χ4v) is 6.67. The summed E-state index contributed by atoms with van der Waals surface area (Å²) in [5, 5.41) is 3.69. The number of rotatable bonds is 11. The molecule has 0 saturated heterocycles. The number of anilines is 1. The van der Waals surface area contributed by atoms with Gasteiger partial charge in [-0.05, 0) is 86.5 Å². The number of halogens is 3. The normalized spacial score (nSPS) is 12.3. The Balaban J connectivity index is 1.81. The van der Waals surface area contributed by atoms with Crippen LogP contribution in [0.1, 0.15) is 31.9 Å². The molecular weight excluding hydrogens is 697 g/mol. The molecule has 2 amide bonds. The zero-order valence-electron chi connectivity index (χ0n) is 25.1. The number of hydrogen-bond acceptors (Lipinski definition) is 4. The first-order valence-electron chi connectivity index (χ1n) is 14.2. The molecule has 4 aromatic rings. The second-order valence-corrected chi connectivity index (χ2v) is 15.2. The molecule has 1 N–H and O–H groups in total. The molecule has 0 radical (unpaired) electrons. The number of sulfonamides is 1. The van der Waals surface area contributed by atoms with Crippen molar-refractivity contribution in [2.24, 2.45) is 0 Å². The van der Waals surface area contributed by atoms with Gasteiger partial charge in [-0.1, -0.05) is 87.7 Å². The summed E-state index contributed by atoms with van der Waals surface area (Å²) in [5.74, 6) is -0.924. The summed E-state index contributed by atoms with van der Waals surface area (Å²) in [6, 6.07) is 27.8. The molecule has 4 rings (SSSR count). The summed E-state index contributed by atoms with van der Waals surface area (Å²) in [5.41, 5.74) is 1.24. The number of nitrogens with zero attached hydrogens (tertiary/aromatic N) is 2. The van der Waals surface area contributed by atoms with Gasteiger partial charge in [0, 0.05) is 33.0 Å². The van der Waals surface area contributed by atoms with Crippen LogP contribution >= 0.6 is 39.1 Å². The number of carbonyl (C=O) groups excluding carboxylic acids is 2. The fourth-order valence-electron chi connectivity index (χ4n) is 4.69. The molecule has 4 aromatic carbocycles. The Morgan fingerprint density at radius 1 is 0.822 bits per heavy atom. The molecule has 0 spiro atoms. The van der Waals surface area contributed by atoms with Crippen LogP contribution < -0.4 is 9.62 Å². The molecule has 0 aromatic heterocycles. The maximum absolute atomic E-state index is 14.5. The highest BCUT2D eigenvalue weighted by Gasteiger charge is 2.35. The molecule has 11 heteroatoms. The predicted octanol–water partition coefficient (Wildman–Crippen LogP) is 7.51. The third kappa shape index (κ3) is 9.56. The van der Waals surface area contributed by atoms with Gasteiger partial charge in [0.15, 0.2) is 0 Å². The van der Waals surface area contributed by atoms with Crippen LogP contribution in [-0.2, 0) is 32.6 Å². The predicted molar refractivity (Wildman–Crippen MR) is 184 cm³/mol. The largest absolute Gasteiger partial charge is 0.350 e. The Morgan fingerprint density at radius 2 is 1.47 bits per heavy atom. The lowest BCUT2D eigenvalue weighted by molar-refractivity contribution is -0.140. The van der Waals surface area contributed by atoms with Gasteiger partial charge in [0.2, 0.25) is 11.8 Å². The van der Waals surface area contributed by atoms with Crippen molar-refractivity contribution in [3.63, 3.8) is 0 Å². The Labute approximate surface area is 283 Å². The van der Waals surface area contributed by atoms with Crippen LogP contribution in [0.3, 0.4) is 0 Å². The lowest BCUT2D eigenvalue weighted by Gasteiger charge is -2.35. The topological polar surface area (TPSA) is 86.8 Å². The first-order valence-corrected chi connectivity index (χ1v) is 17.2. The molecule has 1 unspecified atom stereocenters. The minimum absolute atomic E-state index is 0.0505. The van der Waals surface area contributed by atoms with E-state index < -0.39 is 34.1 Å². The van der Waals surface area contributed by atoms with Crippen molar-refractivity contribution in [1.29, 1.82) is 0 Å². The van der Waals surface area contributed by atoms with Gasteiger partial charge in [-0.3, -0.25) is 13.9 Å². The van der Waals surface area contributed by atoms with Gasteiger partial charge in [-0.2, -0.15) is 0 Å². The average Bonchev–Trinajstić information content (AvgIpc) is 2.98.